The van der Waals surface area contributed by atoms with Crippen LogP contribution in [0.1, 0.15) is 38.8 Å². The van der Waals surface area contributed by atoms with E-state index in [2.05, 4.69) is 10.3 Å². The van der Waals surface area contributed by atoms with E-state index in [1.807, 2.05) is 6.07 Å². The van der Waals surface area contributed by atoms with E-state index in [9.17, 15) is 36.4 Å². The first kappa shape index (κ1) is 26.1. The molecule has 1 atom stereocenters. The van der Waals surface area contributed by atoms with Crippen molar-refractivity contribution >= 4 is 23.4 Å². The number of aromatic nitrogens is 1. The number of nitrogens with one attached hydrogen (secondary N) is 1. The number of pyridine rings is 1. The molecule has 1 aromatic heterocycles. The molecule has 182 valence electrons. The first-order chi connectivity index (χ1) is 16.3. The van der Waals surface area contributed by atoms with Crippen molar-refractivity contribution in [1.82, 2.24) is 4.98 Å². The van der Waals surface area contributed by atoms with Gasteiger partial charge in [0.05, 0.1) is 16.7 Å². The van der Waals surface area contributed by atoms with Gasteiger partial charge in [0.2, 0.25) is 5.91 Å². The lowest BCUT2D eigenvalue weighted by Gasteiger charge is -2.19. The van der Waals surface area contributed by atoms with Crippen molar-refractivity contribution in [2.75, 3.05) is 5.32 Å². The first-order valence-corrected chi connectivity index (χ1v) is 10.9. The second-order valence-corrected chi connectivity index (χ2v) is 8.66. The minimum absolute atomic E-state index is 0.0161. The monoisotopic (exact) mass is 509 g/mol. The maximum atomic E-state index is 13.2. The van der Waals surface area contributed by atoms with Crippen molar-refractivity contribution < 1.29 is 31.1 Å². The normalized spacial score (nSPS) is 12.7. The molecule has 35 heavy (non-hydrogen) atoms. The van der Waals surface area contributed by atoms with E-state index in [4.69, 9.17) is 0 Å². The van der Waals surface area contributed by atoms with Gasteiger partial charge in [0, 0.05) is 11.4 Å². The molecule has 0 fully saturated rings. The summed E-state index contributed by atoms with van der Waals surface area (Å²) in [5.41, 5.74) is -1.93. The minimum Gasteiger partial charge on any atom is -0.325 e. The Labute approximate surface area is 201 Å². The number of halogens is 6. The zero-order valence-electron chi connectivity index (χ0n) is 18.3. The molecule has 0 radical (unpaired) electrons. The van der Waals surface area contributed by atoms with Crippen LogP contribution in [-0.2, 0) is 17.1 Å². The van der Waals surface area contributed by atoms with Gasteiger partial charge >= 0.3 is 12.4 Å². The molecule has 1 amide bonds. The number of anilines is 1. The predicted molar refractivity (Wildman–Crippen MR) is 119 cm³/mol. The third-order valence-electron chi connectivity index (χ3n) is 4.85. The van der Waals surface area contributed by atoms with Crippen LogP contribution < -0.4 is 5.32 Å². The Morgan fingerprint density at radius 3 is 2.06 bits per heavy atom. The van der Waals surface area contributed by atoms with Crippen molar-refractivity contribution in [3.63, 3.8) is 0 Å². The van der Waals surface area contributed by atoms with Gasteiger partial charge in [-0.1, -0.05) is 42.1 Å². The Bertz CT molecular complexity index is 1250. The summed E-state index contributed by atoms with van der Waals surface area (Å²) < 4.78 is 79.3. The van der Waals surface area contributed by atoms with Crippen LogP contribution in [0, 0.1) is 25.2 Å². The lowest BCUT2D eigenvalue weighted by molar-refractivity contribution is -0.143. The van der Waals surface area contributed by atoms with E-state index in [-0.39, 0.29) is 16.7 Å². The summed E-state index contributed by atoms with van der Waals surface area (Å²) in [5, 5.41) is 10.8. The smallest absolute Gasteiger partial charge is 0.325 e. The first-order valence-electron chi connectivity index (χ1n) is 10.00. The maximum absolute atomic E-state index is 13.2. The third kappa shape index (κ3) is 6.33. The van der Waals surface area contributed by atoms with Gasteiger partial charge in [-0.3, -0.25) is 4.79 Å². The Hall–Kier alpha value is -3.52. The fourth-order valence-electron chi connectivity index (χ4n) is 3.27. The van der Waals surface area contributed by atoms with Gasteiger partial charge in [-0.05, 0) is 49.2 Å². The highest BCUT2D eigenvalue weighted by Gasteiger charge is 2.37. The number of amides is 1. The number of carbonyl (C=O) groups excluding carboxylic acids is 1. The molecule has 0 spiro atoms. The van der Waals surface area contributed by atoms with Crippen molar-refractivity contribution in [1.29, 1.82) is 5.26 Å². The SMILES string of the molecule is Cc1cc(C)c(C#N)c(SC(C(=O)Nc2cc(C(F)(F)F)cc(C(F)(F)F)c2)c2ccccc2)n1. The second-order valence-electron chi connectivity index (χ2n) is 7.56. The van der Waals surface area contributed by atoms with Crippen LogP contribution in [0.4, 0.5) is 32.0 Å². The quantitative estimate of drug-likeness (QED) is 0.295. The molecule has 0 aliphatic carbocycles. The van der Waals surface area contributed by atoms with Gasteiger partial charge < -0.3 is 5.32 Å². The van der Waals surface area contributed by atoms with Crippen LogP contribution in [0.5, 0.6) is 0 Å². The van der Waals surface area contributed by atoms with Crippen molar-refractivity contribution in [2.24, 2.45) is 0 Å². The largest absolute Gasteiger partial charge is 0.416 e. The summed E-state index contributed by atoms with van der Waals surface area (Å²) in [4.78, 5) is 17.5. The Kier molecular flexibility index (Phi) is 7.45. The molecule has 4 nitrogen and oxygen atoms in total. The molecule has 1 heterocycles. The summed E-state index contributed by atoms with van der Waals surface area (Å²) in [5.74, 6) is -0.876. The minimum atomic E-state index is -5.06. The standard InChI is InChI=1S/C24H17F6N3OS/c1-13-8-14(2)32-22(19(13)12-31)35-20(15-6-4-3-5-7-15)21(34)33-18-10-16(23(25,26)27)9-17(11-18)24(28,29)30/h3-11,20H,1-2H3,(H,33,34). The van der Waals surface area contributed by atoms with E-state index < -0.39 is 40.3 Å². The van der Waals surface area contributed by atoms with Crippen LogP contribution in [-0.4, -0.2) is 10.9 Å². The van der Waals surface area contributed by atoms with Gasteiger partial charge in [-0.2, -0.15) is 31.6 Å². The van der Waals surface area contributed by atoms with Crippen molar-refractivity contribution in [3.05, 3.63) is 88.1 Å². The third-order valence-corrected chi connectivity index (χ3v) is 6.09. The number of aryl methyl sites for hydroxylation is 2. The topological polar surface area (TPSA) is 65.8 Å². The number of alkyl halides is 6. The van der Waals surface area contributed by atoms with Crippen LogP contribution in [0.3, 0.4) is 0 Å². The number of nitrogens with zero attached hydrogens (tertiary/aromatic N) is 2. The average molecular weight is 509 g/mol. The number of nitriles is 1. The fraction of sp³-hybridized carbons (Fsp3) is 0.208. The molecule has 3 rings (SSSR count). The highest BCUT2D eigenvalue weighted by atomic mass is 32.2. The molecule has 11 heteroatoms. The van der Waals surface area contributed by atoms with E-state index in [1.165, 1.54) is 0 Å². The summed E-state index contributed by atoms with van der Waals surface area (Å²) in [6.45, 7) is 3.38. The molecule has 2 aromatic carbocycles. The number of benzene rings is 2. The highest BCUT2D eigenvalue weighted by molar-refractivity contribution is 8.00. The molecule has 3 aromatic rings. The molecular formula is C24H17F6N3OS. The average Bonchev–Trinajstić information content (AvgIpc) is 2.76. The van der Waals surface area contributed by atoms with Gasteiger partial charge in [-0.15, -0.1) is 0 Å². The molecular weight excluding hydrogens is 492 g/mol. The zero-order valence-corrected chi connectivity index (χ0v) is 19.1. The number of rotatable bonds is 5. The van der Waals surface area contributed by atoms with Gasteiger partial charge in [0.1, 0.15) is 16.3 Å². The van der Waals surface area contributed by atoms with Crippen molar-refractivity contribution in [2.45, 2.75) is 36.5 Å². The lowest BCUT2D eigenvalue weighted by Crippen LogP contribution is -2.21. The fourth-order valence-corrected chi connectivity index (χ4v) is 4.47. The molecule has 0 aliphatic heterocycles. The van der Waals surface area contributed by atoms with Gasteiger partial charge in [-0.25, -0.2) is 4.98 Å². The van der Waals surface area contributed by atoms with E-state index >= 15 is 0 Å². The summed E-state index contributed by atoms with van der Waals surface area (Å²) in [6, 6.07) is 12.7. The number of carbonyl (C=O) groups is 1. The second kappa shape index (κ2) is 10.00. The zero-order chi connectivity index (χ0) is 26.0. The summed E-state index contributed by atoms with van der Waals surface area (Å²) >= 11 is 0.878. The van der Waals surface area contributed by atoms with Crippen LogP contribution in [0.2, 0.25) is 0 Å². The summed E-state index contributed by atoms with van der Waals surface area (Å²) in [7, 11) is 0. The summed E-state index contributed by atoms with van der Waals surface area (Å²) in [6.07, 6.45) is -10.1. The number of thioether (sulfide) groups is 1. The Morgan fingerprint density at radius 2 is 1.54 bits per heavy atom. The van der Waals surface area contributed by atoms with E-state index in [1.54, 1.807) is 50.2 Å². The number of hydrogen-bond acceptors (Lipinski definition) is 4. The molecule has 0 saturated heterocycles. The lowest BCUT2D eigenvalue weighted by atomic mass is 10.1. The van der Waals surface area contributed by atoms with Gasteiger partial charge in [0.15, 0.2) is 0 Å². The Morgan fingerprint density at radius 1 is 0.971 bits per heavy atom. The van der Waals surface area contributed by atoms with E-state index in [0.717, 1.165) is 11.8 Å². The Balaban J connectivity index is 2.05. The number of hydrogen-bond donors (Lipinski definition) is 1. The highest BCUT2D eigenvalue weighted by Crippen LogP contribution is 2.40. The molecule has 0 bridgehead atoms. The molecule has 1 N–H and O–H groups in total. The molecule has 0 saturated carbocycles. The van der Waals surface area contributed by atoms with Crippen LogP contribution >= 0.6 is 11.8 Å². The van der Waals surface area contributed by atoms with E-state index in [0.29, 0.717) is 29.0 Å². The van der Waals surface area contributed by atoms with Crippen molar-refractivity contribution in [3.8, 4) is 6.07 Å². The molecule has 1 unspecified atom stereocenters. The van der Waals surface area contributed by atoms with Crippen LogP contribution in [0.25, 0.3) is 0 Å². The van der Waals surface area contributed by atoms with Gasteiger partial charge in [0.25, 0.3) is 0 Å². The predicted octanol–water partition coefficient (Wildman–Crippen LogP) is 7.08. The van der Waals surface area contributed by atoms with Crippen LogP contribution in [0.15, 0.2) is 59.6 Å². The maximum Gasteiger partial charge on any atom is 0.416 e. The molecule has 0 aliphatic rings.